The molecule has 0 amide bonds. The number of aryl methyl sites for hydroxylation is 1. The third-order valence-electron chi connectivity index (χ3n) is 4.57. The summed E-state index contributed by atoms with van der Waals surface area (Å²) in [4.78, 5) is 32.2. The van der Waals surface area contributed by atoms with Crippen molar-refractivity contribution in [3.8, 4) is 5.75 Å². The van der Waals surface area contributed by atoms with Gasteiger partial charge < -0.3 is 5.11 Å². The van der Waals surface area contributed by atoms with Crippen molar-refractivity contribution in [2.45, 2.75) is 26.2 Å². The standard InChI is InChI=1S/C17H19N.C6H3N3O7/c1-2-3-7-16-11-13-17(18-14-16)12-10-15-8-5-4-6-9-15;10-6-4(8(13)14)1-3(7(11)12)2-5(6)9(15)16/h4-6,8-14H,2-3,7H2,1H3;1-2,10H/b12-10+;. The first-order chi connectivity index (χ1) is 16.2. The van der Waals surface area contributed by atoms with Gasteiger partial charge in [-0.2, -0.15) is 0 Å². The lowest BCUT2D eigenvalue weighted by Crippen LogP contribution is -1.97. The second-order valence-corrected chi connectivity index (χ2v) is 7.04. The van der Waals surface area contributed by atoms with Crippen LogP contribution in [0, 0.1) is 30.3 Å². The molecule has 34 heavy (non-hydrogen) atoms. The zero-order chi connectivity index (χ0) is 25.1. The minimum atomic E-state index is -1.21. The van der Waals surface area contributed by atoms with E-state index in [1.165, 1.54) is 24.0 Å². The molecular formula is C23H22N4O7. The van der Waals surface area contributed by atoms with E-state index in [9.17, 15) is 30.3 Å². The largest absolute Gasteiger partial charge is 0.497 e. The summed E-state index contributed by atoms with van der Waals surface area (Å²) in [6.45, 7) is 2.21. The number of hydrogen-bond donors (Lipinski definition) is 1. The zero-order valence-electron chi connectivity index (χ0n) is 18.2. The second-order valence-electron chi connectivity index (χ2n) is 7.04. The Balaban J connectivity index is 0.000000242. The smallest absolute Gasteiger partial charge is 0.324 e. The maximum absolute atomic E-state index is 10.4. The Bertz CT molecular complexity index is 1140. The highest BCUT2D eigenvalue weighted by atomic mass is 16.6. The van der Waals surface area contributed by atoms with Crippen LogP contribution in [0.25, 0.3) is 12.2 Å². The minimum absolute atomic E-state index is 0.447. The molecule has 0 fully saturated rings. The van der Waals surface area contributed by atoms with E-state index in [2.05, 4.69) is 48.3 Å². The molecule has 0 radical (unpaired) electrons. The fraction of sp³-hybridized carbons (Fsp3) is 0.174. The number of nitrogens with zero attached hydrogens (tertiary/aromatic N) is 4. The lowest BCUT2D eigenvalue weighted by Gasteiger charge is -1.99. The Morgan fingerprint density at radius 2 is 1.50 bits per heavy atom. The molecule has 3 aromatic rings. The van der Waals surface area contributed by atoms with Gasteiger partial charge >= 0.3 is 11.4 Å². The van der Waals surface area contributed by atoms with Gasteiger partial charge in [-0.15, -0.1) is 0 Å². The molecule has 2 aromatic carbocycles. The number of non-ortho nitro benzene ring substituents is 1. The van der Waals surface area contributed by atoms with E-state index in [4.69, 9.17) is 5.11 Å². The fourth-order valence-corrected chi connectivity index (χ4v) is 2.78. The Labute approximate surface area is 194 Å². The number of phenols is 1. The lowest BCUT2D eigenvalue weighted by molar-refractivity contribution is -0.404. The van der Waals surface area contributed by atoms with Crippen LogP contribution in [0.4, 0.5) is 17.1 Å². The summed E-state index contributed by atoms with van der Waals surface area (Å²) in [6, 6.07) is 15.4. The van der Waals surface area contributed by atoms with Gasteiger partial charge in [-0.1, -0.05) is 55.8 Å². The minimum Gasteiger partial charge on any atom is -0.497 e. The van der Waals surface area contributed by atoms with Gasteiger partial charge in [0, 0.05) is 6.20 Å². The van der Waals surface area contributed by atoms with Crippen LogP contribution in [0.1, 0.15) is 36.6 Å². The molecule has 0 aliphatic heterocycles. The molecule has 11 heteroatoms. The van der Waals surface area contributed by atoms with Gasteiger partial charge in [0.2, 0.25) is 0 Å². The van der Waals surface area contributed by atoms with Gasteiger partial charge in [-0.05, 0) is 36.1 Å². The maximum Gasteiger partial charge on any atom is 0.324 e. The number of hydrogen-bond acceptors (Lipinski definition) is 8. The first-order valence-electron chi connectivity index (χ1n) is 10.2. The second kappa shape index (κ2) is 12.4. The van der Waals surface area contributed by atoms with Gasteiger partial charge in [0.15, 0.2) is 0 Å². The maximum atomic E-state index is 10.4. The monoisotopic (exact) mass is 466 g/mol. The van der Waals surface area contributed by atoms with E-state index in [1.807, 2.05) is 24.4 Å². The van der Waals surface area contributed by atoms with Crippen molar-refractivity contribution >= 4 is 29.2 Å². The molecule has 0 saturated heterocycles. The van der Waals surface area contributed by atoms with Crippen LogP contribution in [0.2, 0.25) is 0 Å². The first-order valence-corrected chi connectivity index (χ1v) is 10.2. The van der Waals surface area contributed by atoms with Crippen molar-refractivity contribution < 1.29 is 19.9 Å². The van der Waals surface area contributed by atoms with Crippen molar-refractivity contribution in [1.29, 1.82) is 0 Å². The van der Waals surface area contributed by atoms with Crippen molar-refractivity contribution in [3.63, 3.8) is 0 Å². The molecular weight excluding hydrogens is 444 g/mol. The Kier molecular flexibility index (Phi) is 9.32. The van der Waals surface area contributed by atoms with E-state index in [0.29, 0.717) is 12.1 Å². The molecule has 0 aliphatic rings. The molecule has 11 nitrogen and oxygen atoms in total. The van der Waals surface area contributed by atoms with Crippen molar-refractivity contribution in [3.05, 3.63) is 108 Å². The molecule has 176 valence electrons. The van der Waals surface area contributed by atoms with Crippen LogP contribution in [0.3, 0.4) is 0 Å². The number of benzene rings is 2. The van der Waals surface area contributed by atoms with Crippen molar-refractivity contribution in [2.75, 3.05) is 0 Å². The number of aromatic nitrogens is 1. The van der Waals surface area contributed by atoms with Gasteiger partial charge in [0.1, 0.15) is 0 Å². The number of rotatable bonds is 8. The lowest BCUT2D eigenvalue weighted by atomic mass is 10.1. The highest BCUT2D eigenvalue weighted by Gasteiger charge is 2.30. The average Bonchev–Trinajstić information content (AvgIpc) is 2.82. The topological polar surface area (TPSA) is 163 Å². The molecule has 1 N–H and O–H groups in total. The number of nitro groups is 3. The Morgan fingerprint density at radius 3 is 1.97 bits per heavy atom. The molecule has 0 aliphatic carbocycles. The van der Waals surface area contributed by atoms with Crippen LogP contribution < -0.4 is 0 Å². The van der Waals surface area contributed by atoms with Crippen LogP contribution >= 0.6 is 0 Å². The van der Waals surface area contributed by atoms with Gasteiger partial charge in [0.25, 0.3) is 11.4 Å². The summed E-state index contributed by atoms with van der Waals surface area (Å²) in [5.74, 6) is -1.21. The van der Waals surface area contributed by atoms with E-state index in [0.717, 1.165) is 12.1 Å². The van der Waals surface area contributed by atoms with E-state index < -0.39 is 37.6 Å². The van der Waals surface area contributed by atoms with Crippen LogP contribution in [-0.4, -0.2) is 24.9 Å². The molecule has 0 bridgehead atoms. The van der Waals surface area contributed by atoms with E-state index in [-0.39, 0.29) is 0 Å². The normalized spacial score (nSPS) is 10.4. The summed E-state index contributed by atoms with van der Waals surface area (Å²) in [6.07, 6.45) is 9.73. The van der Waals surface area contributed by atoms with Crippen molar-refractivity contribution in [1.82, 2.24) is 4.98 Å². The van der Waals surface area contributed by atoms with Crippen molar-refractivity contribution in [2.24, 2.45) is 0 Å². The number of pyridine rings is 1. The average molecular weight is 466 g/mol. The fourth-order valence-electron chi connectivity index (χ4n) is 2.78. The number of phenolic OH excluding ortho intramolecular Hbond substituents is 1. The molecule has 1 heterocycles. The van der Waals surface area contributed by atoms with Crippen LogP contribution in [0.15, 0.2) is 60.8 Å². The molecule has 3 rings (SSSR count). The Hall–Kier alpha value is -4.67. The number of unbranched alkanes of at least 4 members (excludes halogenated alkanes) is 1. The SMILES string of the molecule is CCCCc1ccc(/C=C/c2ccccc2)nc1.O=[N+]([O-])c1cc([N+](=O)[O-])c(O)c([N+](=O)[O-])c1. The van der Waals surface area contributed by atoms with Gasteiger partial charge in [0.05, 0.1) is 32.6 Å². The molecule has 0 atom stereocenters. The quantitative estimate of drug-likeness (QED) is 0.326. The predicted octanol–water partition coefficient (Wildman–Crippen LogP) is 5.71. The third kappa shape index (κ3) is 7.48. The summed E-state index contributed by atoms with van der Waals surface area (Å²) < 4.78 is 0. The highest BCUT2D eigenvalue weighted by molar-refractivity contribution is 5.67. The number of nitro benzene ring substituents is 3. The summed E-state index contributed by atoms with van der Waals surface area (Å²) in [5.41, 5.74) is 0.542. The Morgan fingerprint density at radius 1 is 0.882 bits per heavy atom. The number of aromatic hydroxyl groups is 1. The third-order valence-corrected chi connectivity index (χ3v) is 4.57. The zero-order valence-corrected chi connectivity index (χ0v) is 18.2. The van der Waals surface area contributed by atoms with Crippen LogP contribution in [-0.2, 0) is 6.42 Å². The predicted molar refractivity (Wildman–Crippen MR) is 126 cm³/mol. The highest BCUT2D eigenvalue weighted by Crippen LogP contribution is 2.38. The summed E-state index contributed by atoms with van der Waals surface area (Å²) in [7, 11) is 0. The van der Waals surface area contributed by atoms with E-state index >= 15 is 0 Å². The molecule has 0 saturated carbocycles. The van der Waals surface area contributed by atoms with E-state index in [1.54, 1.807) is 0 Å². The molecule has 0 unspecified atom stereocenters. The van der Waals surface area contributed by atoms with Crippen LogP contribution in [0.5, 0.6) is 5.75 Å². The summed E-state index contributed by atoms with van der Waals surface area (Å²) >= 11 is 0. The first kappa shape index (κ1) is 25.6. The molecule has 1 aromatic heterocycles. The molecule has 0 spiro atoms. The van der Waals surface area contributed by atoms with Gasteiger partial charge in [-0.25, -0.2) is 0 Å². The van der Waals surface area contributed by atoms with Gasteiger partial charge in [-0.3, -0.25) is 35.3 Å². The summed E-state index contributed by atoms with van der Waals surface area (Å²) in [5, 5.41) is 40.2.